The molecule has 6 nitrogen and oxygen atoms in total. The summed E-state index contributed by atoms with van der Waals surface area (Å²) < 4.78 is 12.8. The lowest BCUT2D eigenvalue weighted by Crippen LogP contribution is -2.39. The van der Waals surface area contributed by atoms with E-state index in [1.807, 2.05) is 24.3 Å². The number of halogens is 1. The number of hydrogen-bond acceptors (Lipinski definition) is 3. The molecule has 0 spiro atoms. The summed E-state index contributed by atoms with van der Waals surface area (Å²) in [7, 11) is 0. The van der Waals surface area contributed by atoms with E-state index in [-0.39, 0.29) is 24.8 Å². The Morgan fingerprint density at radius 1 is 0.962 bits per heavy atom. The van der Waals surface area contributed by atoms with Crippen LogP contribution in [0.4, 0.5) is 14.9 Å². The molecule has 0 bridgehead atoms. The quantitative estimate of drug-likeness (QED) is 0.660. The van der Waals surface area contributed by atoms with Crippen LogP contribution >= 0.6 is 0 Å². The minimum Gasteiger partial charge on any atom is -0.334 e. The molecule has 3 N–H and O–H groups in total. The largest absolute Gasteiger partial charge is 0.334 e. The van der Waals surface area contributed by atoms with Crippen LogP contribution in [0.15, 0.2) is 60.8 Å². The molecule has 3 rings (SSSR count). The van der Waals surface area contributed by atoms with E-state index in [0.29, 0.717) is 11.2 Å². The Kier molecular flexibility index (Phi) is 5.38. The van der Waals surface area contributed by atoms with Crippen molar-refractivity contribution in [2.75, 3.05) is 11.9 Å². The number of urea groups is 1. The number of rotatable bonds is 5. The molecular weight excluding hydrogens is 335 g/mol. The van der Waals surface area contributed by atoms with Crippen LogP contribution < -0.4 is 16.0 Å². The van der Waals surface area contributed by atoms with Gasteiger partial charge < -0.3 is 16.0 Å². The minimum atomic E-state index is -0.486. The van der Waals surface area contributed by atoms with Gasteiger partial charge in [-0.1, -0.05) is 30.3 Å². The van der Waals surface area contributed by atoms with Gasteiger partial charge in [0.05, 0.1) is 17.7 Å². The molecule has 0 unspecified atom stereocenters. The summed E-state index contributed by atoms with van der Waals surface area (Å²) in [5.41, 5.74) is 2.03. The van der Waals surface area contributed by atoms with E-state index in [9.17, 15) is 14.0 Å². The van der Waals surface area contributed by atoms with Gasteiger partial charge in [-0.05, 0) is 29.8 Å². The van der Waals surface area contributed by atoms with Gasteiger partial charge in [0.2, 0.25) is 5.91 Å². The topological polar surface area (TPSA) is 83.1 Å². The van der Waals surface area contributed by atoms with Crippen molar-refractivity contribution >= 4 is 28.5 Å². The first-order chi connectivity index (χ1) is 12.6. The number of carbonyl (C=O) groups is 2. The second kappa shape index (κ2) is 8.06. The van der Waals surface area contributed by atoms with Crippen molar-refractivity contribution in [3.05, 3.63) is 72.2 Å². The third-order valence-corrected chi connectivity index (χ3v) is 3.68. The summed E-state index contributed by atoms with van der Waals surface area (Å²) in [6.45, 7) is 0.0550. The number of fused-ring (bicyclic) bond motifs is 1. The average molecular weight is 352 g/mol. The minimum absolute atomic E-state index is 0.182. The van der Waals surface area contributed by atoms with Gasteiger partial charge in [0.15, 0.2) is 0 Å². The molecule has 0 radical (unpaired) electrons. The van der Waals surface area contributed by atoms with E-state index < -0.39 is 6.03 Å². The van der Waals surface area contributed by atoms with Gasteiger partial charge in [0, 0.05) is 18.1 Å². The smallest absolute Gasteiger partial charge is 0.315 e. The van der Waals surface area contributed by atoms with Crippen molar-refractivity contribution in [1.82, 2.24) is 15.6 Å². The number of para-hydroxylation sites is 1. The third kappa shape index (κ3) is 4.54. The fraction of sp³-hybridized carbons (Fsp3) is 0.105. The maximum absolute atomic E-state index is 12.8. The zero-order valence-electron chi connectivity index (χ0n) is 13.8. The summed E-state index contributed by atoms with van der Waals surface area (Å²) >= 11 is 0. The first-order valence-corrected chi connectivity index (χ1v) is 8.01. The molecule has 0 aliphatic rings. The standard InChI is InChI=1S/C19H17FN4O2/c20-15-8-6-13(7-9-15)11-22-19(26)23-12-17(25)24-16-5-1-3-14-4-2-10-21-18(14)16/h1-10H,11-12H2,(H,24,25)(H2,22,23,26). The lowest BCUT2D eigenvalue weighted by atomic mass is 10.2. The van der Waals surface area contributed by atoms with Crippen LogP contribution in [0.2, 0.25) is 0 Å². The van der Waals surface area contributed by atoms with Crippen molar-refractivity contribution in [1.29, 1.82) is 0 Å². The van der Waals surface area contributed by atoms with E-state index in [4.69, 9.17) is 0 Å². The Balaban J connectivity index is 1.49. The summed E-state index contributed by atoms with van der Waals surface area (Å²) in [6.07, 6.45) is 1.65. The van der Waals surface area contributed by atoms with Crippen LogP contribution in [0.5, 0.6) is 0 Å². The maximum Gasteiger partial charge on any atom is 0.315 e. The third-order valence-electron chi connectivity index (χ3n) is 3.68. The summed E-state index contributed by atoms with van der Waals surface area (Å²) in [5, 5.41) is 8.73. The normalized spacial score (nSPS) is 10.3. The van der Waals surface area contributed by atoms with Gasteiger partial charge in [-0.15, -0.1) is 0 Å². The molecule has 0 aliphatic carbocycles. The van der Waals surface area contributed by atoms with Crippen LogP contribution in [0.3, 0.4) is 0 Å². The Hall–Kier alpha value is -3.48. The molecular formula is C19H17FN4O2. The van der Waals surface area contributed by atoms with Crippen molar-refractivity contribution in [3.8, 4) is 0 Å². The molecule has 0 atom stereocenters. The van der Waals surface area contributed by atoms with Gasteiger partial charge in [-0.25, -0.2) is 9.18 Å². The molecule has 1 heterocycles. The molecule has 26 heavy (non-hydrogen) atoms. The number of aromatic nitrogens is 1. The van der Waals surface area contributed by atoms with E-state index in [1.54, 1.807) is 24.4 Å². The number of benzene rings is 2. The number of nitrogens with zero attached hydrogens (tertiary/aromatic N) is 1. The SMILES string of the molecule is O=C(CNC(=O)NCc1ccc(F)cc1)Nc1cccc2cccnc12. The number of hydrogen-bond donors (Lipinski definition) is 3. The van der Waals surface area contributed by atoms with E-state index >= 15 is 0 Å². The molecule has 0 aliphatic heterocycles. The number of carbonyl (C=O) groups excluding carboxylic acids is 2. The number of pyridine rings is 1. The van der Waals surface area contributed by atoms with E-state index in [2.05, 4.69) is 20.9 Å². The molecule has 1 aromatic heterocycles. The predicted octanol–water partition coefficient (Wildman–Crippen LogP) is 2.81. The van der Waals surface area contributed by atoms with E-state index in [0.717, 1.165) is 10.9 Å². The fourth-order valence-corrected chi connectivity index (χ4v) is 2.41. The number of amides is 3. The predicted molar refractivity (Wildman–Crippen MR) is 97.0 cm³/mol. The van der Waals surface area contributed by atoms with Gasteiger partial charge in [0.1, 0.15) is 5.82 Å². The van der Waals surface area contributed by atoms with Gasteiger partial charge in [-0.2, -0.15) is 0 Å². The van der Waals surface area contributed by atoms with Crippen molar-refractivity contribution < 1.29 is 14.0 Å². The lowest BCUT2D eigenvalue weighted by Gasteiger charge is -2.10. The molecule has 0 saturated carbocycles. The number of anilines is 1. The summed E-state index contributed by atoms with van der Waals surface area (Å²) in [5.74, 6) is -0.696. The highest BCUT2D eigenvalue weighted by Gasteiger charge is 2.08. The van der Waals surface area contributed by atoms with Crippen LogP contribution in [0.1, 0.15) is 5.56 Å². The monoisotopic (exact) mass is 352 g/mol. The van der Waals surface area contributed by atoms with Crippen LogP contribution in [0, 0.1) is 5.82 Å². The Labute approximate surface area is 149 Å². The molecule has 7 heteroatoms. The van der Waals surface area contributed by atoms with Crippen LogP contribution in [-0.2, 0) is 11.3 Å². The molecule has 132 valence electrons. The maximum atomic E-state index is 12.8. The first kappa shape index (κ1) is 17.3. The molecule has 3 amide bonds. The zero-order valence-corrected chi connectivity index (χ0v) is 13.8. The molecule has 3 aromatic rings. The summed E-state index contributed by atoms with van der Waals surface area (Å²) in [4.78, 5) is 28.1. The second-order valence-corrected chi connectivity index (χ2v) is 5.59. The van der Waals surface area contributed by atoms with E-state index in [1.165, 1.54) is 12.1 Å². The van der Waals surface area contributed by atoms with Gasteiger partial charge in [-0.3, -0.25) is 9.78 Å². The summed E-state index contributed by atoms with van der Waals surface area (Å²) in [6, 6.07) is 14.5. The van der Waals surface area contributed by atoms with Crippen molar-refractivity contribution in [2.24, 2.45) is 0 Å². The molecule has 0 fully saturated rings. The second-order valence-electron chi connectivity index (χ2n) is 5.59. The lowest BCUT2D eigenvalue weighted by molar-refractivity contribution is -0.115. The van der Waals surface area contributed by atoms with Crippen LogP contribution in [-0.4, -0.2) is 23.5 Å². The Morgan fingerprint density at radius 3 is 2.54 bits per heavy atom. The van der Waals surface area contributed by atoms with Gasteiger partial charge in [0.25, 0.3) is 0 Å². The van der Waals surface area contributed by atoms with Crippen LogP contribution in [0.25, 0.3) is 10.9 Å². The van der Waals surface area contributed by atoms with Crippen molar-refractivity contribution in [3.63, 3.8) is 0 Å². The molecule has 0 saturated heterocycles. The fourth-order valence-electron chi connectivity index (χ4n) is 2.41. The Bertz CT molecular complexity index is 923. The average Bonchev–Trinajstić information content (AvgIpc) is 2.66. The Morgan fingerprint density at radius 2 is 1.73 bits per heavy atom. The highest BCUT2D eigenvalue weighted by Crippen LogP contribution is 2.20. The van der Waals surface area contributed by atoms with Crippen molar-refractivity contribution in [2.45, 2.75) is 6.54 Å². The first-order valence-electron chi connectivity index (χ1n) is 8.01. The number of nitrogens with one attached hydrogen (secondary N) is 3. The molecule has 2 aromatic carbocycles. The van der Waals surface area contributed by atoms with Gasteiger partial charge >= 0.3 is 6.03 Å². The highest BCUT2D eigenvalue weighted by molar-refractivity contribution is 6.01. The zero-order chi connectivity index (χ0) is 18.4. The highest BCUT2D eigenvalue weighted by atomic mass is 19.1.